The van der Waals surface area contributed by atoms with Gasteiger partial charge in [-0.15, -0.1) is 0 Å². The molecule has 0 spiro atoms. The van der Waals surface area contributed by atoms with E-state index >= 15 is 0 Å². The molecular weight excluding hydrogens is 288 g/mol. The molecule has 120 valence electrons. The van der Waals surface area contributed by atoms with Crippen LogP contribution in [0.2, 0.25) is 0 Å². The maximum Gasteiger partial charge on any atom is 0.320 e. The molecule has 22 heavy (non-hydrogen) atoms. The van der Waals surface area contributed by atoms with Crippen molar-refractivity contribution < 1.29 is 28.9 Å². The number of hydrogen-bond donors (Lipinski definition) is 1. The fraction of sp³-hybridized carbons (Fsp3) is 0.438. The van der Waals surface area contributed by atoms with Crippen LogP contribution in [0.25, 0.3) is 0 Å². The number of benzene rings is 1. The number of rotatable bonds is 9. The zero-order chi connectivity index (χ0) is 16.4. The van der Waals surface area contributed by atoms with Crippen LogP contribution in [-0.4, -0.2) is 36.9 Å². The van der Waals surface area contributed by atoms with Crippen molar-refractivity contribution >= 4 is 11.9 Å². The van der Waals surface area contributed by atoms with Crippen molar-refractivity contribution in [1.82, 2.24) is 0 Å². The van der Waals surface area contributed by atoms with Gasteiger partial charge < -0.3 is 19.3 Å². The Morgan fingerprint density at radius 3 is 2.36 bits per heavy atom. The van der Waals surface area contributed by atoms with Gasteiger partial charge in [0, 0.05) is 6.61 Å². The van der Waals surface area contributed by atoms with Gasteiger partial charge in [0.25, 0.3) is 0 Å². The Morgan fingerprint density at radius 1 is 1.18 bits per heavy atom. The van der Waals surface area contributed by atoms with Crippen molar-refractivity contribution in [1.29, 1.82) is 0 Å². The zero-order valence-electron chi connectivity index (χ0n) is 12.7. The van der Waals surface area contributed by atoms with E-state index in [9.17, 15) is 14.7 Å². The zero-order valence-corrected chi connectivity index (χ0v) is 12.7. The minimum absolute atomic E-state index is 0.0952. The van der Waals surface area contributed by atoms with Crippen LogP contribution < -0.4 is 0 Å². The highest BCUT2D eigenvalue weighted by Crippen LogP contribution is 2.14. The maximum atomic E-state index is 11.7. The van der Waals surface area contributed by atoms with Gasteiger partial charge in [0.2, 0.25) is 0 Å². The number of carbonyl (C=O) groups excluding carboxylic acids is 2. The van der Waals surface area contributed by atoms with Crippen LogP contribution >= 0.6 is 0 Å². The molecule has 0 atom stereocenters. The average Bonchev–Trinajstić information content (AvgIpc) is 2.47. The Morgan fingerprint density at radius 2 is 1.82 bits per heavy atom. The lowest BCUT2D eigenvalue weighted by Gasteiger charge is -2.14. The van der Waals surface area contributed by atoms with Gasteiger partial charge in [0.05, 0.1) is 13.2 Å². The Kier molecular flexibility index (Phi) is 7.99. The van der Waals surface area contributed by atoms with E-state index < -0.39 is 17.9 Å². The van der Waals surface area contributed by atoms with Gasteiger partial charge >= 0.3 is 11.9 Å². The Balaban J connectivity index is 2.45. The summed E-state index contributed by atoms with van der Waals surface area (Å²) in [5, 5.41) is 9.30. The molecule has 0 heterocycles. The molecule has 0 fully saturated rings. The van der Waals surface area contributed by atoms with Crippen LogP contribution in [-0.2, 0) is 23.8 Å². The topological polar surface area (TPSA) is 82.1 Å². The average molecular weight is 308 g/mol. The molecule has 6 heteroatoms. The lowest BCUT2D eigenvalue weighted by molar-refractivity contribution is -0.162. The molecule has 0 aliphatic carbocycles. The first-order valence-corrected chi connectivity index (χ1v) is 7.08. The van der Waals surface area contributed by atoms with Crippen LogP contribution in [0.3, 0.4) is 0 Å². The molecule has 0 saturated carbocycles. The summed E-state index contributed by atoms with van der Waals surface area (Å²) in [6.45, 7) is 6.43. The summed E-state index contributed by atoms with van der Waals surface area (Å²) in [4.78, 5) is 23.5. The number of aromatic hydroxyl groups is 1. The van der Waals surface area contributed by atoms with E-state index in [4.69, 9.17) is 14.2 Å². The monoisotopic (exact) mass is 308 g/mol. The molecule has 0 amide bonds. The summed E-state index contributed by atoms with van der Waals surface area (Å²) in [6, 6.07) is 6.37. The maximum absolute atomic E-state index is 11.7. The Labute approximate surface area is 130 Å². The van der Waals surface area contributed by atoms with Crippen molar-refractivity contribution in [2.45, 2.75) is 20.3 Å². The first-order valence-electron chi connectivity index (χ1n) is 7.08. The summed E-state index contributed by atoms with van der Waals surface area (Å²) in [6.07, 6.45) is 0.128. The van der Waals surface area contributed by atoms with Gasteiger partial charge in [-0.3, -0.25) is 9.59 Å². The Bertz CT molecular complexity index is 467. The van der Waals surface area contributed by atoms with Crippen LogP contribution in [0, 0.1) is 12.5 Å². The van der Waals surface area contributed by atoms with Gasteiger partial charge in [-0.1, -0.05) is 12.1 Å². The van der Waals surface area contributed by atoms with Crippen LogP contribution in [0.15, 0.2) is 24.3 Å². The molecule has 2 radical (unpaired) electrons. The summed E-state index contributed by atoms with van der Waals surface area (Å²) in [7, 11) is 0. The third-order valence-corrected chi connectivity index (χ3v) is 2.69. The van der Waals surface area contributed by atoms with Crippen molar-refractivity contribution in [3.8, 4) is 5.75 Å². The van der Waals surface area contributed by atoms with Crippen molar-refractivity contribution in [3.05, 3.63) is 36.4 Å². The number of phenolic OH excluding ortho intramolecular Hbond substituents is 1. The molecule has 6 nitrogen and oxygen atoms in total. The standard InChI is InChI=1S/C16H20O6/c1-3-21-15(18)14(16(19)22-4-2)8-9-20-11-12-6-5-7-13(17)10-12/h5-7,10,14,17H,3-4,8-9H2,1-2H3. The second-order valence-electron chi connectivity index (χ2n) is 4.35. The molecular formula is C16H20O6. The SMILES string of the molecule is CCOC(=O)C(CCO[C]c1cccc(O)c1)C(=O)OCC. The second-order valence-corrected chi connectivity index (χ2v) is 4.35. The van der Waals surface area contributed by atoms with Crippen LogP contribution in [0.5, 0.6) is 5.75 Å². The third-order valence-electron chi connectivity index (χ3n) is 2.69. The van der Waals surface area contributed by atoms with E-state index in [1.807, 2.05) is 0 Å². The van der Waals surface area contributed by atoms with Crippen LogP contribution in [0.4, 0.5) is 0 Å². The lowest BCUT2D eigenvalue weighted by Crippen LogP contribution is -2.29. The lowest BCUT2D eigenvalue weighted by atomic mass is 10.1. The molecule has 0 aliphatic rings. The summed E-state index contributed by atoms with van der Waals surface area (Å²) in [5.74, 6) is -2.15. The largest absolute Gasteiger partial charge is 0.508 e. The van der Waals surface area contributed by atoms with Gasteiger partial charge in [0.15, 0.2) is 12.5 Å². The number of hydrogen-bond acceptors (Lipinski definition) is 6. The molecule has 1 aromatic rings. The van der Waals surface area contributed by atoms with E-state index in [0.29, 0.717) is 5.56 Å². The quantitative estimate of drug-likeness (QED) is 0.426. The number of esters is 2. The van der Waals surface area contributed by atoms with E-state index in [-0.39, 0.29) is 32.0 Å². The molecule has 1 rings (SSSR count). The fourth-order valence-electron chi connectivity index (χ4n) is 1.70. The predicted molar refractivity (Wildman–Crippen MR) is 77.8 cm³/mol. The van der Waals surface area contributed by atoms with Gasteiger partial charge in [-0.05, 0) is 38.0 Å². The highest BCUT2D eigenvalue weighted by molar-refractivity contribution is 5.94. The molecule has 0 bridgehead atoms. The number of ether oxygens (including phenoxy) is 3. The van der Waals surface area contributed by atoms with E-state index in [1.165, 1.54) is 12.1 Å². The van der Waals surface area contributed by atoms with Crippen molar-refractivity contribution in [3.63, 3.8) is 0 Å². The summed E-state index contributed by atoms with van der Waals surface area (Å²) >= 11 is 0. The molecule has 0 aromatic heterocycles. The predicted octanol–water partition coefficient (Wildman–Crippen LogP) is 1.93. The van der Waals surface area contributed by atoms with E-state index in [1.54, 1.807) is 26.0 Å². The smallest absolute Gasteiger partial charge is 0.320 e. The fourth-order valence-corrected chi connectivity index (χ4v) is 1.70. The highest BCUT2D eigenvalue weighted by atomic mass is 16.6. The second kappa shape index (κ2) is 9.78. The molecule has 1 aromatic carbocycles. The van der Waals surface area contributed by atoms with E-state index in [2.05, 4.69) is 6.61 Å². The first kappa shape index (κ1) is 18.0. The molecule has 0 aliphatic heterocycles. The molecule has 1 N–H and O–H groups in total. The normalized spacial score (nSPS) is 10.5. The number of phenols is 1. The summed E-state index contributed by atoms with van der Waals surface area (Å²) in [5.41, 5.74) is 0.559. The minimum atomic E-state index is -1.01. The minimum Gasteiger partial charge on any atom is -0.508 e. The van der Waals surface area contributed by atoms with Crippen LogP contribution in [0.1, 0.15) is 25.8 Å². The first-order chi connectivity index (χ1) is 10.6. The van der Waals surface area contributed by atoms with E-state index in [0.717, 1.165) is 0 Å². The molecule has 0 unspecified atom stereocenters. The number of carbonyl (C=O) groups is 2. The van der Waals surface area contributed by atoms with Gasteiger partial charge in [-0.2, -0.15) is 0 Å². The summed E-state index contributed by atoms with van der Waals surface area (Å²) < 4.78 is 14.9. The van der Waals surface area contributed by atoms with Gasteiger partial charge in [-0.25, -0.2) is 0 Å². The third kappa shape index (κ3) is 6.13. The Hall–Kier alpha value is -2.08. The van der Waals surface area contributed by atoms with Crippen molar-refractivity contribution in [2.75, 3.05) is 19.8 Å². The molecule has 0 saturated heterocycles. The van der Waals surface area contributed by atoms with Crippen molar-refractivity contribution in [2.24, 2.45) is 5.92 Å². The highest BCUT2D eigenvalue weighted by Gasteiger charge is 2.29. The van der Waals surface area contributed by atoms with Gasteiger partial charge in [0.1, 0.15) is 5.75 Å².